The van der Waals surface area contributed by atoms with E-state index in [0.717, 1.165) is 56.1 Å². The van der Waals surface area contributed by atoms with Crippen molar-refractivity contribution in [2.45, 2.75) is 40.5 Å². The van der Waals surface area contributed by atoms with Crippen molar-refractivity contribution in [3.8, 4) is 5.69 Å². The summed E-state index contributed by atoms with van der Waals surface area (Å²) < 4.78 is 2.02. The minimum Gasteiger partial charge on any atom is -0.365 e. The SMILES string of the molecule is CCC(CC)C(=O)N1CCN(c2c(C)nn(-c3ccccc3)c2C)CC1. The maximum Gasteiger partial charge on any atom is 0.225 e. The molecule has 1 fully saturated rings. The van der Waals surface area contributed by atoms with Crippen LogP contribution in [0.2, 0.25) is 0 Å². The van der Waals surface area contributed by atoms with Crippen LogP contribution in [0.15, 0.2) is 30.3 Å². The van der Waals surface area contributed by atoms with E-state index in [0.29, 0.717) is 5.91 Å². The Kier molecular flexibility index (Phi) is 5.64. The first kappa shape index (κ1) is 18.5. The second kappa shape index (κ2) is 7.94. The summed E-state index contributed by atoms with van der Waals surface area (Å²) in [7, 11) is 0. The molecule has 0 atom stereocenters. The first-order valence-corrected chi connectivity index (χ1v) is 9.72. The second-order valence-electron chi connectivity index (χ2n) is 7.09. The minimum absolute atomic E-state index is 0.172. The highest BCUT2D eigenvalue weighted by Gasteiger charge is 2.27. The van der Waals surface area contributed by atoms with Gasteiger partial charge in [-0.2, -0.15) is 5.10 Å². The smallest absolute Gasteiger partial charge is 0.225 e. The van der Waals surface area contributed by atoms with Crippen LogP contribution in [0, 0.1) is 19.8 Å². The molecule has 0 unspecified atom stereocenters. The van der Waals surface area contributed by atoms with Crippen molar-refractivity contribution in [2.75, 3.05) is 31.1 Å². The summed E-state index contributed by atoms with van der Waals surface area (Å²) in [5.41, 5.74) is 4.50. The van der Waals surface area contributed by atoms with Crippen molar-refractivity contribution in [3.63, 3.8) is 0 Å². The standard InChI is InChI=1S/C21H30N4O/c1-5-18(6-2)21(26)24-14-12-23(13-15-24)20-16(3)22-25(17(20)4)19-10-8-7-9-11-19/h7-11,18H,5-6,12-15H2,1-4H3. The van der Waals surface area contributed by atoms with Crippen molar-refractivity contribution >= 4 is 11.6 Å². The Bertz CT molecular complexity index is 741. The van der Waals surface area contributed by atoms with Crippen LogP contribution in [-0.2, 0) is 4.79 Å². The third-order valence-corrected chi connectivity index (χ3v) is 5.50. The number of amides is 1. The molecule has 1 saturated heterocycles. The van der Waals surface area contributed by atoms with Crippen molar-refractivity contribution in [2.24, 2.45) is 5.92 Å². The number of hydrogen-bond acceptors (Lipinski definition) is 3. The summed E-state index contributed by atoms with van der Waals surface area (Å²) in [6.45, 7) is 11.7. The summed E-state index contributed by atoms with van der Waals surface area (Å²) in [5.74, 6) is 0.494. The average molecular weight is 354 g/mol. The van der Waals surface area contributed by atoms with Gasteiger partial charge in [0.1, 0.15) is 0 Å². The molecular formula is C21H30N4O. The second-order valence-corrected chi connectivity index (χ2v) is 7.09. The van der Waals surface area contributed by atoms with Gasteiger partial charge in [0.15, 0.2) is 0 Å². The predicted octanol–water partition coefficient (Wildman–Crippen LogP) is 3.57. The Morgan fingerprint density at radius 1 is 1.04 bits per heavy atom. The average Bonchev–Trinajstić information content (AvgIpc) is 2.98. The van der Waals surface area contributed by atoms with Crippen LogP contribution in [0.1, 0.15) is 38.1 Å². The number of rotatable bonds is 5. The van der Waals surface area contributed by atoms with Gasteiger partial charge < -0.3 is 9.80 Å². The molecule has 0 saturated carbocycles. The summed E-state index contributed by atoms with van der Waals surface area (Å²) in [4.78, 5) is 17.0. The van der Waals surface area contributed by atoms with E-state index in [1.807, 2.05) is 27.8 Å². The molecule has 2 heterocycles. The highest BCUT2D eigenvalue weighted by Crippen LogP contribution is 2.28. The minimum atomic E-state index is 0.172. The molecule has 2 aromatic rings. The van der Waals surface area contributed by atoms with E-state index < -0.39 is 0 Å². The van der Waals surface area contributed by atoms with E-state index in [1.54, 1.807) is 0 Å². The molecule has 3 rings (SSSR count). The van der Waals surface area contributed by atoms with Crippen molar-refractivity contribution < 1.29 is 4.79 Å². The molecule has 1 aromatic carbocycles. The van der Waals surface area contributed by atoms with Crippen LogP contribution in [0.3, 0.4) is 0 Å². The lowest BCUT2D eigenvalue weighted by molar-refractivity contribution is -0.136. The lowest BCUT2D eigenvalue weighted by Gasteiger charge is -2.37. The van der Waals surface area contributed by atoms with E-state index in [2.05, 4.69) is 44.7 Å². The maximum absolute atomic E-state index is 12.6. The summed E-state index contributed by atoms with van der Waals surface area (Å²) in [6, 6.07) is 10.2. The lowest BCUT2D eigenvalue weighted by atomic mass is 10.0. The van der Waals surface area contributed by atoms with Crippen molar-refractivity contribution in [1.29, 1.82) is 0 Å². The number of carbonyl (C=O) groups excluding carboxylic acids is 1. The number of nitrogens with zero attached hydrogens (tertiary/aromatic N) is 4. The molecule has 1 aliphatic rings. The Balaban J connectivity index is 1.74. The van der Waals surface area contributed by atoms with Gasteiger partial charge in [-0.05, 0) is 38.8 Å². The molecule has 0 bridgehead atoms. The third-order valence-electron chi connectivity index (χ3n) is 5.50. The van der Waals surface area contributed by atoms with Crippen LogP contribution in [-0.4, -0.2) is 46.8 Å². The fourth-order valence-electron chi connectivity index (χ4n) is 3.96. The van der Waals surface area contributed by atoms with E-state index in [-0.39, 0.29) is 5.92 Å². The van der Waals surface area contributed by atoms with Gasteiger partial charge in [0.25, 0.3) is 0 Å². The predicted molar refractivity (Wildman–Crippen MR) is 106 cm³/mol. The molecular weight excluding hydrogens is 324 g/mol. The van der Waals surface area contributed by atoms with Crippen molar-refractivity contribution in [1.82, 2.24) is 14.7 Å². The molecule has 0 aliphatic carbocycles. The zero-order valence-corrected chi connectivity index (χ0v) is 16.4. The fourth-order valence-corrected chi connectivity index (χ4v) is 3.96. The van der Waals surface area contributed by atoms with Crippen LogP contribution in [0.25, 0.3) is 5.69 Å². The van der Waals surface area contributed by atoms with E-state index in [1.165, 1.54) is 5.69 Å². The molecule has 5 nitrogen and oxygen atoms in total. The molecule has 5 heteroatoms. The zero-order chi connectivity index (χ0) is 18.7. The molecule has 0 radical (unpaired) electrons. The quantitative estimate of drug-likeness (QED) is 0.824. The number of benzene rings is 1. The Morgan fingerprint density at radius 2 is 1.65 bits per heavy atom. The Labute approximate surface area is 156 Å². The van der Waals surface area contributed by atoms with Crippen molar-refractivity contribution in [3.05, 3.63) is 41.7 Å². The number of hydrogen-bond donors (Lipinski definition) is 0. The highest BCUT2D eigenvalue weighted by molar-refractivity contribution is 5.79. The van der Waals surface area contributed by atoms with Gasteiger partial charge in [-0.25, -0.2) is 4.68 Å². The number of aryl methyl sites for hydroxylation is 1. The number of anilines is 1. The first-order chi connectivity index (χ1) is 12.6. The maximum atomic E-state index is 12.6. The normalized spacial score (nSPS) is 15.0. The number of piperazine rings is 1. The van der Waals surface area contributed by atoms with Gasteiger partial charge in [0.05, 0.1) is 22.8 Å². The number of aromatic nitrogens is 2. The van der Waals surface area contributed by atoms with Gasteiger partial charge in [0, 0.05) is 32.1 Å². The van der Waals surface area contributed by atoms with Gasteiger partial charge >= 0.3 is 0 Å². The molecule has 1 amide bonds. The van der Waals surface area contributed by atoms with Crippen LogP contribution < -0.4 is 4.90 Å². The molecule has 1 aromatic heterocycles. The van der Waals surface area contributed by atoms with Gasteiger partial charge in [-0.3, -0.25) is 4.79 Å². The molecule has 1 aliphatic heterocycles. The lowest BCUT2D eigenvalue weighted by Crippen LogP contribution is -2.50. The molecule has 0 spiro atoms. The highest BCUT2D eigenvalue weighted by atomic mass is 16.2. The summed E-state index contributed by atoms with van der Waals surface area (Å²) >= 11 is 0. The Morgan fingerprint density at radius 3 is 2.23 bits per heavy atom. The van der Waals surface area contributed by atoms with Crippen LogP contribution >= 0.6 is 0 Å². The van der Waals surface area contributed by atoms with Crippen LogP contribution in [0.5, 0.6) is 0 Å². The monoisotopic (exact) mass is 354 g/mol. The molecule has 26 heavy (non-hydrogen) atoms. The molecule has 0 N–H and O–H groups in total. The van der Waals surface area contributed by atoms with E-state index >= 15 is 0 Å². The zero-order valence-electron chi connectivity index (χ0n) is 16.4. The molecule has 140 valence electrons. The topological polar surface area (TPSA) is 41.4 Å². The summed E-state index contributed by atoms with van der Waals surface area (Å²) in [6.07, 6.45) is 1.86. The van der Waals surface area contributed by atoms with E-state index in [9.17, 15) is 4.79 Å². The van der Waals surface area contributed by atoms with Gasteiger partial charge in [0.2, 0.25) is 5.91 Å². The van der Waals surface area contributed by atoms with Gasteiger partial charge in [-0.1, -0.05) is 32.0 Å². The fraction of sp³-hybridized carbons (Fsp3) is 0.524. The number of carbonyl (C=O) groups is 1. The van der Waals surface area contributed by atoms with Gasteiger partial charge in [-0.15, -0.1) is 0 Å². The van der Waals surface area contributed by atoms with Crippen LogP contribution in [0.4, 0.5) is 5.69 Å². The summed E-state index contributed by atoms with van der Waals surface area (Å²) in [5, 5.41) is 4.76. The third kappa shape index (κ3) is 3.48. The van der Waals surface area contributed by atoms with E-state index in [4.69, 9.17) is 5.10 Å². The largest absolute Gasteiger partial charge is 0.365 e. The first-order valence-electron chi connectivity index (χ1n) is 9.72. The number of para-hydroxylation sites is 1. The Hall–Kier alpha value is -2.30.